The van der Waals surface area contributed by atoms with Gasteiger partial charge in [0.1, 0.15) is 5.82 Å². The Kier molecular flexibility index (Phi) is 2.60. The zero-order valence-electron chi connectivity index (χ0n) is 7.45. The second-order valence-corrected chi connectivity index (χ2v) is 4.57. The van der Waals surface area contributed by atoms with Crippen LogP contribution in [0, 0.1) is 11.7 Å². The molecule has 1 aromatic carbocycles. The summed E-state index contributed by atoms with van der Waals surface area (Å²) in [6.45, 7) is 0. The van der Waals surface area contributed by atoms with Crippen molar-refractivity contribution in [2.24, 2.45) is 11.7 Å². The minimum atomic E-state index is -0.400. The topological polar surface area (TPSA) is 46.2 Å². The molecule has 0 aliphatic heterocycles. The molecule has 1 aliphatic rings. The molecule has 0 bridgehead atoms. The summed E-state index contributed by atoms with van der Waals surface area (Å²) in [6, 6.07) is 4.29. The molecule has 3 unspecified atom stereocenters. The monoisotopic (exact) mass is 259 g/mol. The summed E-state index contributed by atoms with van der Waals surface area (Å²) in [7, 11) is 0. The number of halogens is 2. The molecule has 1 saturated carbocycles. The first kappa shape index (κ1) is 10.1. The van der Waals surface area contributed by atoms with Crippen LogP contribution in [-0.2, 0) is 0 Å². The van der Waals surface area contributed by atoms with Crippen molar-refractivity contribution >= 4 is 15.9 Å². The van der Waals surface area contributed by atoms with Crippen LogP contribution < -0.4 is 5.73 Å². The van der Waals surface area contributed by atoms with Gasteiger partial charge >= 0.3 is 0 Å². The van der Waals surface area contributed by atoms with Crippen molar-refractivity contribution in [3.63, 3.8) is 0 Å². The maximum Gasteiger partial charge on any atom is 0.128 e. The van der Waals surface area contributed by atoms with Gasteiger partial charge in [-0.05, 0) is 24.6 Å². The lowest BCUT2D eigenvalue weighted by Crippen LogP contribution is -2.16. The Morgan fingerprint density at radius 1 is 1.57 bits per heavy atom. The van der Waals surface area contributed by atoms with Crippen molar-refractivity contribution in [3.8, 4) is 0 Å². The second-order valence-electron chi connectivity index (χ2n) is 3.66. The number of benzene rings is 1. The molecular formula is C10H11BrFNO. The Balaban J connectivity index is 2.26. The molecule has 0 spiro atoms. The zero-order chi connectivity index (χ0) is 10.3. The van der Waals surface area contributed by atoms with Gasteiger partial charge in [-0.2, -0.15) is 0 Å². The summed E-state index contributed by atoms with van der Waals surface area (Å²) in [6.07, 6.45) is 0.316. The van der Waals surface area contributed by atoms with Gasteiger partial charge < -0.3 is 10.8 Å². The van der Waals surface area contributed by atoms with E-state index >= 15 is 0 Å². The number of rotatable bonds is 2. The van der Waals surface area contributed by atoms with E-state index in [2.05, 4.69) is 15.9 Å². The number of hydrogen-bond acceptors (Lipinski definition) is 2. The Bertz CT molecular complexity index is 358. The molecule has 1 aromatic rings. The van der Waals surface area contributed by atoms with Crippen LogP contribution in [0.2, 0.25) is 0 Å². The van der Waals surface area contributed by atoms with Crippen molar-refractivity contribution < 1.29 is 9.50 Å². The van der Waals surface area contributed by atoms with Crippen molar-refractivity contribution in [3.05, 3.63) is 34.1 Å². The molecule has 2 nitrogen and oxygen atoms in total. The Hall–Kier alpha value is -0.450. The minimum absolute atomic E-state index is 0.0128. The maximum atomic E-state index is 13.4. The predicted molar refractivity (Wildman–Crippen MR) is 55.1 cm³/mol. The van der Waals surface area contributed by atoms with E-state index in [1.54, 1.807) is 12.1 Å². The third-order valence-electron chi connectivity index (χ3n) is 2.58. The number of aliphatic hydroxyl groups excluding tert-OH is 1. The van der Waals surface area contributed by atoms with Crippen molar-refractivity contribution in [2.75, 3.05) is 0 Å². The smallest absolute Gasteiger partial charge is 0.128 e. The third-order valence-corrected chi connectivity index (χ3v) is 3.08. The van der Waals surface area contributed by atoms with Crippen LogP contribution in [0.1, 0.15) is 18.0 Å². The van der Waals surface area contributed by atoms with Gasteiger partial charge in [0, 0.05) is 22.0 Å². The van der Waals surface area contributed by atoms with Crippen LogP contribution in [0.5, 0.6) is 0 Å². The standard InChI is InChI=1S/C10H11BrFNO/c11-5-1-2-8(12)6(3-5)10(13)7-4-9(7)14/h1-3,7,9-10,14H,4,13H2. The average Bonchev–Trinajstić information content (AvgIpc) is 2.86. The highest BCUT2D eigenvalue weighted by molar-refractivity contribution is 9.10. The molecule has 1 aliphatic carbocycles. The molecule has 1 fully saturated rings. The van der Waals surface area contributed by atoms with Crippen LogP contribution in [0.3, 0.4) is 0 Å². The second kappa shape index (κ2) is 3.61. The molecule has 0 heterocycles. The van der Waals surface area contributed by atoms with E-state index in [0.717, 1.165) is 4.47 Å². The molecular weight excluding hydrogens is 249 g/mol. The number of aliphatic hydroxyl groups is 1. The van der Waals surface area contributed by atoms with Crippen LogP contribution in [-0.4, -0.2) is 11.2 Å². The first-order chi connectivity index (χ1) is 6.59. The Morgan fingerprint density at radius 3 is 2.79 bits per heavy atom. The lowest BCUT2D eigenvalue weighted by molar-refractivity contribution is 0.251. The highest BCUT2D eigenvalue weighted by Gasteiger charge is 2.41. The lowest BCUT2D eigenvalue weighted by atomic mass is 10.0. The van der Waals surface area contributed by atoms with E-state index in [1.807, 2.05) is 0 Å². The van der Waals surface area contributed by atoms with Crippen LogP contribution in [0.15, 0.2) is 22.7 Å². The molecule has 0 aromatic heterocycles. The molecule has 0 saturated heterocycles. The Morgan fingerprint density at radius 2 is 2.21 bits per heavy atom. The normalized spacial score (nSPS) is 27.4. The minimum Gasteiger partial charge on any atom is -0.393 e. The fourth-order valence-electron chi connectivity index (χ4n) is 1.59. The first-order valence-electron chi connectivity index (χ1n) is 4.48. The van der Waals surface area contributed by atoms with Crippen LogP contribution in [0.4, 0.5) is 4.39 Å². The molecule has 3 N–H and O–H groups in total. The summed E-state index contributed by atoms with van der Waals surface area (Å²) >= 11 is 3.26. The van der Waals surface area contributed by atoms with Crippen LogP contribution >= 0.6 is 15.9 Å². The van der Waals surface area contributed by atoms with Gasteiger partial charge in [-0.15, -0.1) is 0 Å². The van der Waals surface area contributed by atoms with E-state index in [4.69, 9.17) is 5.73 Å². The molecule has 4 heteroatoms. The zero-order valence-corrected chi connectivity index (χ0v) is 9.04. The van der Waals surface area contributed by atoms with Gasteiger partial charge in [0.05, 0.1) is 6.10 Å². The van der Waals surface area contributed by atoms with Crippen molar-refractivity contribution in [2.45, 2.75) is 18.6 Å². The van der Waals surface area contributed by atoms with Gasteiger partial charge in [-0.25, -0.2) is 4.39 Å². The summed E-state index contributed by atoms with van der Waals surface area (Å²) in [5.74, 6) is -0.293. The molecule has 2 rings (SSSR count). The number of hydrogen-bond donors (Lipinski definition) is 2. The predicted octanol–water partition coefficient (Wildman–Crippen LogP) is 1.97. The summed E-state index contributed by atoms with van der Waals surface area (Å²) in [4.78, 5) is 0. The summed E-state index contributed by atoms with van der Waals surface area (Å²) < 4.78 is 14.2. The molecule has 0 radical (unpaired) electrons. The van der Waals surface area contributed by atoms with E-state index in [9.17, 15) is 9.50 Å². The maximum absolute atomic E-state index is 13.4. The highest BCUT2D eigenvalue weighted by Crippen LogP contribution is 2.40. The van der Waals surface area contributed by atoms with Crippen molar-refractivity contribution in [1.29, 1.82) is 0 Å². The molecule has 3 atom stereocenters. The first-order valence-corrected chi connectivity index (χ1v) is 5.27. The lowest BCUT2D eigenvalue weighted by Gasteiger charge is -2.12. The van der Waals surface area contributed by atoms with E-state index < -0.39 is 6.04 Å². The molecule has 0 amide bonds. The average molecular weight is 260 g/mol. The van der Waals surface area contributed by atoms with Crippen LogP contribution in [0.25, 0.3) is 0 Å². The van der Waals surface area contributed by atoms with Gasteiger partial charge in [0.25, 0.3) is 0 Å². The number of nitrogens with two attached hydrogens (primary N) is 1. The van der Waals surface area contributed by atoms with E-state index in [1.165, 1.54) is 6.07 Å². The van der Waals surface area contributed by atoms with E-state index in [0.29, 0.717) is 12.0 Å². The van der Waals surface area contributed by atoms with Gasteiger partial charge in [0.2, 0.25) is 0 Å². The Labute approximate surface area is 90.1 Å². The van der Waals surface area contributed by atoms with Crippen molar-refractivity contribution in [1.82, 2.24) is 0 Å². The quantitative estimate of drug-likeness (QED) is 0.853. The van der Waals surface area contributed by atoms with Gasteiger partial charge in [0.15, 0.2) is 0 Å². The fraction of sp³-hybridized carbons (Fsp3) is 0.400. The van der Waals surface area contributed by atoms with Gasteiger partial charge in [-0.3, -0.25) is 0 Å². The SMILES string of the molecule is NC(c1cc(Br)ccc1F)C1CC1O. The largest absolute Gasteiger partial charge is 0.393 e. The summed E-state index contributed by atoms with van der Waals surface area (Å²) in [5, 5.41) is 9.20. The van der Waals surface area contributed by atoms with Gasteiger partial charge in [-0.1, -0.05) is 15.9 Å². The molecule has 76 valence electrons. The fourth-order valence-corrected chi connectivity index (χ4v) is 1.97. The van der Waals surface area contributed by atoms with E-state index in [-0.39, 0.29) is 17.8 Å². The highest BCUT2D eigenvalue weighted by atomic mass is 79.9. The summed E-state index contributed by atoms with van der Waals surface area (Å²) in [5.41, 5.74) is 6.31. The third kappa shape index (κ3) is 1.82. The molecule has 14 heavy (non-hydrogen) atoms.